The maximum atomic E-state index is 13.6. The molecule has 0 fully saturated rings. The molecule has 1 aliphatic heterocycles. The van der Waals surface area contributed by atoms with Crippen molar-refractivity contribution in [1.29, 1.82) is 0 Å². The van der Waals surface area contributed by atoms with Crippen LogP contribution in [0.3, 0.4) is 0 Å². The number of aliphatic hydroxyl groups is 1. The molecule has 2 aromatic carbocycles. The Labute approximate surface area is 392 Å². The Morgan fingerprint density at radius 2 is 1.61 bits per heavy atom. The number of pyridine rings is 1. The van der Waals surface area contributed by atoms with Crippen LogP contribution in [0.25, 0.3) is 22.4 Å². The van der Waals surface area contributed by atoms with Gasteiger partial charge in [0, 0.05) is 55.1 Å². The Morgan fingerprint density at radius 1 is 0.984 bits per heavy atom. The van der Waals surface area contributed by atoms with Gasteiger partial charge in [0.2, 0.25) is 11.8 Å². The summed E-state index contributed by atoms with van der Waals surface area (Å²) >= 11 is 7.19. The van der Waals surface area contributed by atoms with Crippen LogP contribution in [0.5, 0.6) is 5.88 Å². The van der Waals surface area contributed by atoms with Crippen LogP contribution < -0.4 is 15.4 Å². The molecule has 4 atom stereocenters. The van der Waals surface area contributed by atoms with E-state index < -0.39 is 11.8 Å². The third-order valence-corrected chi connectivity index (χ3v) is 12.3. The third kappa shape index (κ3) is 15.2. The normalized spacial score (nSPS) is 15.2. The molecule has 0 bridgehead atoms. The van der Waals surface area contributed by atoms with Gasteiger partial charge in [-0.3, -0.25) is 19.3 Å². The van der Waals surface area contributed by atoms with Crippen molar-refractivity contribution in [2.45, 2.75) is 146 Å². The van der Waals surface area contributed by atoms with Crippen LogP contribution >= 0.6 is 11.6 Å². The highest BCUT2D eigenvalue weighted by molar-refractivity contribution is 6.36. The maximum absolute atomic E-state index is 13.6. The summed E-state index contributed by atoms with van der Waals surface area (Å²) in [4.78, 5) is 45.0. The number of carbonyl (C=O) groups excluding carboxylic acids is 3. The predicted octanol–water partition coefficient (Wildman–Crippen LogP) is 12.8. The number of methoxy groups -OCH3 is 1. The number of benzene rings is 2. The number of anilines is 1. The lowest BCUT2D eigenvalue weighted by molar-refractivity contribution is -0.128. The topological polar surface area (TPSA) is 124 Å². The van der Waals surface area contributed by atoms with E-state index in [1.165, 1.54) is 47.9 Å². The Kier molecular flexibility index (Phi) is 26.6. The number of β-amino-alcohol motifs (C(OH)–C–C–N with tert-alkyl or cyclic N) is 1. The number of ether oxygens (including phenoxy) is 1. The molecule has 4 unspecified atom stereocenters. The zero-order chi connectivity index (χ0) is 48.7. The number of unbranched alkanes of at least 4 members (excludes halogenated alkanes) is 1. The van der Waals surface area contributed by atoms with Crippen molar-refractivity contribution in [1.82, 2.24) is 20.1 Å². The Balaban J connectivity index is 0.000000858. The number of amides is 3. The number of carbonyl (C=O) groups is 3. The first-order valence-electron chi connectivity index (χ1n) is 23.7. The molecular formula is C53H82ClN5O5. The zero-order valence-corrected chi connectivity index (χ0v) is 42.8. The maximum Gasteiger partial charge on any atom is 0.266 e. The highest BCUT2D eigenvalue weighted by Gasteiger charge is 2.32. The van der Waals surface area contributed by atoms with Gasteiger partial charge in [-0.1, -0.05) is 157 Å². The molecule has 0 radical (unpaired) electrons. The molecule has 2 aliphatic rings. The van der Waals surface area contributed by atoms with Gasteiger partial charge in [0.05, 0.1) is 24.4 Å². The number of halogens is 1. The largest absolute Gasteiger partial charge is 0.481 e. The quantitative estimate of drug-likeness (QED) is 0.130. The summed E-state index contributed by atoms with van der Waals surface area (Å²) < 4.78 is 5.71. The summed E-state index contributed by atoms with van der Waals surface area (Å²) in [6, 6.07) is 13.8. The molecule has 10 nitrogen and oxygen atoms in total. The highest BCUT2D eigenvalue weighted by atomic mass is 35.5. The molecule has 64 heavy (non-hydrogen) atoms. The van der Waals surface area contributed by atoms with E-state index in [0.717, 1.165) is 59.5 Å². The molecular weight excluding hydrogens is 822 g/mol. The fraction of sp³-hybridized carbons (Fsp3) is 0.547. The molecule has 11 heteroatoms. The van der Waals surface area contributed by atoms with Gasteiger partial charge in [-0.05, 0) is 72.3 Å². The SMILES string of the molecule is C=C1N(CCO)C=C(C(=O)Nc2cccc(-c3cccc(-c4cc5c(c(OC)n4)C(C)CC5)c3Cl)c2C(C)CC)C(=O)N1C.CC.CC.CCC(C)C(=O)NC.CCCCC(C)CC. The predicted molar refractivity (Wildman–Crippen MR) is 270 cm³/mol. The molecule has 5 rings (SSSR count). The van der Waals surface area contributed by atoms with Crippen molar-refractivity contribution in [2.24, 2.45) is 11.8 Å². The van der Waals surface area contributed by atoms with E-state index in [4.69, 9.17) is 21.3 Å². The van der Waals surface area contributed by atoms with E-state index in [2.05, 4.69) is 64.8 Å². The summed E-state index contributed by atoms with van der Waals surface area (Å²) in [6.45, 7) is 29.1. The molecule has 3 N–H and O–H groups in total. The average Bonchev–Trinajstić information content (AvgIpc) is 3.71. The standard InChI is InChI=1S/C35H39ClN4O4.C8H18.C6H13NO.2C2H6/c1-7-20(2)31-24(10-9-13-28(31)37-33(42)27-19-40(16-17-41)22(4)39(5)35(27)43)25-11-8-12-26(32(25)36)29-18-23-15-14-21(3)30(23)34(38-29)44-6;1-4-6-7-8(3)5-2;1-4-5(2)6(8)7-3;2*1-2/h8-13,18-21,41H,4,7,14-17H2,1-3,5-6H3,(H,37,42);8H,4-7H2,1-3H3;5H,4H2,1-3H3,(H,7,8);2*1-2H3. The van der Waals surface area contributed by atoms with Crippen LogP contribution in [0, 0.1) is 11.8 Å². The number of aromatic nitrogens is 1. The second-order valence-corrected chi connectivity index (χ2v) is 16.4. The van der Waals surface area contributed by atoms with Gasteiger partial charge >= 0.3 is 0 Å². The molecule has 1 aliphatic carbocycles. The number of nitrogens with one attached hydrogen (secondary N) is 2. The second kappa shape index (κ2) is 29.7. The molecule has 1 aromatic heterocycles. The summed E-state index contributed by atoms with van der Waals surface area (Å²) in [6.07, 6.45) is 10.7. The van der Waals surface area contributed by atoms with E-state index in [1.54, 1.807) is 26.1 Å². The molecule has 0 saturated heterocycles. The minimum Gasteiger partial charge on any atom is -0.481 e. The molecule has 356 valence electrons. The summed E-state index contributed by atoms with van der Waals surface area (Å²) in [5, 5.41) is 15.6. The Bertz CT molecular complexity index is 1980. The van der Waals surface area contributed by atoms with Gasteiger partial charge in [-0.25, -0.2) is 4.98 Å². The summed E-state index contributed by atoms with van der Waals surface area (Å²) in [5.41, 5.74) is 7.17. The minimum absolute atomic E-state index is 0.0418. The van der Waals surface area contributed by atoms with Gasteiger partial charge < -0.3 is 25.4 Å². The van der Waals surface area contributed by atoms with E-state index >= 15 is 0 Å². The molecule has 0 saturated carbocycles. The average molecular weight is 905 g/mol. The first kappa shape index (κ1) is 57.3. The molecule has 3 amide bonds. The fourth-order valence-electron chi connectivity index (χ4n) is 7.32. The number of hydrogen-bond acceptors (Lipinski definition) is 7. The third-order valence-electron chi connectivity index (χ3n) is 11.8. The lowest BCUT2D eigenvalue weighted by atomic mass is 9.87. The number of rotatable bonds is 15. The number of likely N-dealkylation sites (N-methyl/N-ethyl adjacent to an activating group) is 1. The van der Waals surface area contributed by atoms with E-state index in [9.17, 15) is 19.5 Å². The van der Waals surface area contributed by atoms with Crippen LogP contribution in [0.15, 0.2) is 66.6 Å². The monoisotopic (exact) mass is 904 g/mol. The van der Waals surface area contributed by atoms with E-state index in [-0.39, 0.29) is 36.5 Å². The second-order valence-electron chi connectivity index (χ2n) is 16.0. The Morgan fingerprint density at radius 3 is 2.16 bits per heavy atom. The van der Waals surface area contributed by atoms with Gasteiger partial charge in [-0.15, -0.1) is 0 Å². The lowest BCUT2D eigenvalue weighted by Crippen LogP contribution is -2.43. The molecule has 2 heterocycles. The molecule has 3 aromatic rings. The van der Waals surface area contributed by atoms with Crippen LogP contribution in [-0.2, 0) is 20.8 Å². The first-order chi connectivity index (χ1) is 30.6. The Hall–Kier alpha value is -4.67. The van der Waals surface area contributed by atoms with Gasteiger partial charge in [0.1, 0.15) is 11.4 Å². The van der Waals surface area contributed by atoms with Crippen molar-refractivity contribution in [3.63, 3.8) is 0 Å². The van der Waals surface area contributed by atoms with E-state index in [1.807, 2.05) is 77.9 Å². The van der Waals surface area contributed by atoms with Crippen molar-refractivity contribution in [3.05, 3.63) is 88.4 Å². The van der Waals surface area contributed by atoms with Gasteiger partial charge in [0.15, 0.2) is 0 Å². The number of hydrogen-bond donors (Lipinski definition) is 3. The van der Waals surface area contributed by atoms with Crippen LogP contribution in [-0.4, -0.2) is 72.0 Å². The number of fused-ring (bicyclic) bond motifs is 1. The molecule has 0 spiro atoms. The van der Waals surface area contributed by atoms with Gasteiger partial charge in [0.25, 0.3) is 11.8 Å². The van der Waals surface area contributed by atoms with Gasteiger partial charge in [-0.2, -0.15) is 0 Å². The highest BCUT2D eigenvalue weighted by Crippen LogP contribution is 2.45. The zero-order valence-electron chi connectivity index (χ0n) is 42.0. The lowest BCUT2D eigenvalue weighted by Gasteiger charge is -2.34. The van der Waals surface area contributed by atoms with Crippen molar-refractivity contribution < 1.29 is 24.2 Å². The summed E-state index contributed by atoms with van der Waals surface area (Å²) in [7, 11) is 4.87. The van der Waals surface area contributed by atoms with Crippen molar-refractivity contribution in [2.75, 3.05) is 39.7 Å². The van der Waals surface area contributed by atoms with Crippen LogP contribution in [0.2, 0.25) is 5.02 Å². The van der Waals surface area contributed by atoms with Crippen LogP contribution in [0.4, 0.5) is 5.69 Å². The number of nitrogens with zero attached hydrogens (tertiary/aromatic N) is 3. The first-order valence-corrected chi connectivity index (χ1v) is 24.1. The van der Waals surface area contributed by atoms with Crippen molar-refractivity contribution in [3.8, 4) is 28.3 Å². The van der Waals surface area contributed by atoms with Crippen molar-refractivity contribution >= 4 is 35.0 Å². The number of aliphatic hydroxyl groups excluding tert-OH is 1. The minimum atomic E-state index is -0.539. The smallest absolute Gasteiger partial charge is 0.266 e. The van der Waals surface area contributed by atoms with E-state index in [0.29, 0.717) is 28.3 Å². The summed E-state index contributed by atoms with van der Waals surface area (Å²) in [5.74, 6) is 1.74. The van der Waals surface area contributed by atoms with Crippen LogP contribution in [0.1, 0.15) is 157 Å². The number of aryl methyl sites for hydroxylation is 1. The fourth-order valence-corrected chi connectivity index (χ4v) is 7.64.